The second-order valence-electron chi connectivity index (χ2n) is 7.18. The predicted octanol–water partition coefficient (Wildman–Crippen LogP) is 3.19. The molecule has 0 spiro atoms. The summed E-state index contributed by atoms with van der Waals surface area (Å²) in [5.41, 5.74) is 8.57. The summed E-state index contributed by atoms with van der Waals surface area (Å²) in [4.78, 5) is 23.7. The van der Waals surface area contributed by atoms with Gasteiger partial charge in [-0.05, 0) is 42.3 Å². The molecule has 0 fully saturated rings. The zero-order valence-corrected chi connectivity index (χ0v) is 16.9. The Morgan fingerprint density at radius 3 is 2.87 bits per heavy atom. The van der Waals surface area contributed by atoms with Gasteiger partial charge in [-0.15, -0.1) is 0 Å². The van der Waals surface area contributed by atoms with Crippen LogP contribution in [0.5, 0.6) is 5.75 Å². The van der Waals surface area contributed by atoms with E-state index >= 15 is 0 Å². The van der Waals surface area contributed by atoms with Crippen molar-refractivity contribution >= 4 is 17.7 Å². The van der Waals surface area contributed by atoms with E-state index in [1.807, 2.05) is 49.4 Å². The minimum atomic E-state index is -0.143. The molecule has 3 N–H and O–H groups in total. The number of rotatable bonds is 7. The lowest BCUT2D eigenvalue weighted by molar-refractivity contribution is 0.0987. The van der Waals surface area contributed by atoms with Crippen LogP contribution in [-0.4, -0.2) is 35.6 Å². The highest BCUT2D eigenvalue weighted by Crippen LogP contribution is 2.27. The molecule has 2 aromatic carbocycles. The van der Waals surface area contributed by atoms with Gasteiger partial charge < -0.3 is 15.8 Å². The second-order valence-corrected chi connectivity index (χ2v) is 7.18. The number of fused-ring (bicyclic) bond motifs is 1. The number of nitrogens with two attached hydrogens (primary N) is 1. The minimum Gasteiger partial charge on any atom is -0.493 e. The normalized spacial score (nSPS) is 13.3. The van der Waals surface area contributed by atoms with Crippen LogP contribution in [0.15, 0.2) is 60.8 Å². The summed E-state index contributed by atoms with van der Waals surface area (Å²) in [5, 5.41) is 3.30. The van der Waals surface area contributed by atoms with Crippen molar-refractivity contribution in [1.82, 2.24) is 9.97 Å². The molecule has 0 bridgehead atoms. The molecule has 1 aliphatic heterocycles. The number of amides is 1. The lowest BCUT2D eigenvalue weighted by atomic mass is 10.1. The Bertz CT molecular complexity index is 1030. The first kappa shape index (κ1) is 19.8. The molecule has 0 saturated carbocycles. The van der Waals surface area contributed by atoms with Gasteiger partial charge in [0.25, 0.3) is 5.91 Å². The van der Waals surface area contributed by atoms with Gasteiger partial charge in [0.15, 0.2) is 0 Å². The Morgan fingerprint density at radius 1 is 1.23 bits per heavy atom. The molecule has 1 amide bonds. The van der Waals surface area contributed by atoms with E-state index in [-0.39, 0.29) is 11.9 Å². The highest BCUT2D eigenvalue weighted by atomic mass is 16.5. The zero-order chi connectivity index (χ0) is 20.9. The predicted molar refractivity (Wildman–Crippen MR) is 117 cm³/mol. The molecule has 1 aromatic heterocycles. The second kappa shape index (κ2) is 8.92. The van der Waals surface area contributed by atoms with Crippen molar-refractivity contribution in [2.24, 2.45) is 5.73 Å². The van der Waals surface area contributed by atoms with Crippen molar-refractivity contribution in [1.29, 1.82) is 0 Å². The fourth-order valence-corrected chi connectivity index (χ4v) is 3.51. The maximum Gasteiger partial charge on any atom is 0.259 e. The SMILES string of the molecule is C[C@H](Nc1nccc(N(CCN)C(=O)c2ccc3c(c2)CCO3)n1)c1ccccc1. The number of hydrogen-bond acceptors (Lipinski definition) is 6. The smallest absolute Gasteiger partial charge is 0.259 e. The van der Waals surface area contributed by atoms with Crippen molar-refractivity contribution in [3.8, 4) is 5.75 Å². The van der Waals surface area contributed by atoms with Crippen LogP contribution in [-0.2, 0) is 6.42 Å². The van der Waals surface area contributed by atoms with E-state index < -0.39 is 0 Å². The van der Waals surface area contributed by atoms with E-state index in [0.717, 1.165) is 23.3 Å². The lowest BCUT2D eigenvalue weighted by Gasteiger charge is -2.22. The van der Waals surface area contributed by atoms with Crippen LogP contribution >= 0.6 is 0 Å². The first-order chi connectivity index (χ1) is 14.7. The molecule has 4 rings (SSSR count). The Balaban J connectivity index is 1.57. The topological polar surface area (TPSA) is 93.4 Å². The number of nitrogens with zero attached hydrogens (tertiary/aromatic N) is 3. The van der Waals surface area contributed by atoms with Crippen molar-refractivity contribution in [2.75, 3.05) is 29.9 Å². The summed E-state index contributed by atoms with van der Waals surface area (Å²) in [6.45, 7) is 3.38. The van der Waals surface area contributed by atoms with Crippen LogP contribution in [0.1, 0.15) is 34.5 Å². The summed E-state index contributed by atoms with van der Waals surface area (Å²) < 4.78 is 5.54. The van der Waals surface area contributed by atoms with Crippen molar-refractivity contribution in [3.63, 3.8) is 0 Å². The van der Waals surface area contributed by atoms with Gasteiger partial charge in [0.05, 0.1) is 12.6 Å². The molecular weight excluding hydrogens is 378 g/mol. The van der Waals surface area contributed by atoms with Crippen molar-refractivity contribution in [3.05, 3.63) is 77.5 Å². The number of benzene rings is 2. The third-order valence-electron chi connectivity index (χ3n) is 5.10. The maximum absolute atomic E-state index is 13.2. The summed E-state index contributed by atoms with van der Waals surface area (Å²) in [7, 11) is 0. The standard InChI is InChI=1S/C23H25N5O2/c1-16(17-5-3-2-4-6-17)26-23-25-12-9-21(27-23)28(13-11-24)22(29)19-7-8-20-18(15-19)10-14-30-20/h2-9,12,15-16H,10-11,13-14,24H2,1H3,(H,25,26,27)/t16-/m0/s1. The van der Waals surface area contributed by atoms with Gasteiger partial charge in [-0.25, -0.2) is 4.98 Å². The van der Waals surface area contributed by atoms with Gasteiger partial charge in [-0.1, -0.05) is 30.3 Å². The van der Waals surface area contributed by atoms with Gasteiger partial charge in [-0.2, -0.15) is 4.98 Å². The molecule has 7 nitrogen and oxygen atoms in total. The van der Waals surface area contributed by atoms with Gasteiger partial charge in [-0.3, -0.25) is 9.69 Å². The summed E-state index contributed by atoms with van der Waals surface area (Å²) in [6, 6.07) is 17.3. The number of anilines is 2. The van der Waals surface area contributed by atoms with Crippen LogP contribution in [0.4, 0.5) is 11.8 Å². The molecule has 0 unspecified atom stereocenters. The quantitative estimate of drug-likeness (QED) is 0.629. The minimum absolute atomic E-state index is 0.0248. The van der Waals surface area contributed by atoms with E-state index in [2.05, 4.69) is 15.3 Å². The van der Waals surface area contributed by atoms with Crippen molar-refractivity contribution < 1.29 is 9.53 Å². The molecular formula is C23H25N5O2. The van der Waals surface area contributed by atoms with E-state index in [9.17, 15) is 4.79 Å². The molecule has 0 radical (unpaired) electrons. The van der Waals surface area contributed by atoms with Gasteiger partial charge in [0.1, 0.15) is 11.6 Å². The number of hydrogen-bond donors (Lipinski definition) is 2. The van der Waals surface area contributed by atoms with Gasteiger partial charge in [0, 0.05) is 31.3 Å². The molecule has 2 heterocycles. The molecule has 7 heteroatoms. The summed E-state index contributed by atoms with van der Waals surface area (Å²) >= 11 is 0. The van der Waals surface area contributed by atoms with Crippen LogP contribution < -0.4 is 20.7 Å². The lowest BCUT2D eigenvalue weighted by Crippen LogP contribution is -2.36. The largest absolute Gasteiger partial charge is 0.493 e. The number of carbonyl (C=O) groups excluding carboxylic acids is 1. The highest BCUT2D eigenvalue weighted by molar-refractivity contribution is 6.05. The summed E-state index contributed by atoms with van der Waals surface area (Å²) in [6.07, 6.45) is 2.46. The number of carbonyl (C=O) groups is 1. The Hall–Kier alpha value is -3.45. The highest BCUT2D eigenvalue weighted by Gasteiger charge is 2.22. The average Bonchev–Trinajstić information content (AvgIpc) is 3.26. The molecule has 1 atom stereocenters. The third-order valence-corrected chi connectivity index (χ3v) is 5.10. The van der Waals surface area contributed by atoms with Gasteiger partial charge >= 0.3 is 0 Å². The van der Waals surface area contributed by atoms with E-state index in [1.54, 1.807) is 23.2 Å². The van der Waals surface area contributed by atoms with Crippen LogP contribution in [0.2, 0.25) is 0 Å². The summed E-state index contributed by atoms with van der Waals surface area (Å²) in [5.74, 6) is 1.68. The van der Waals surface area contributed by atoms with Gasteiger partial charge in [0.2, 0.25) is 5.95 Å². The zero-order valence-electron chi connectivity index (χ0n) is 16.9. The Labute approximate surface area is 175 Å². The van der Waals surface area contributed by atoms with E-state index in [0.29, 0.717) is 37.0 Å². The fourth-order valence-electron chi connectivity index (χ4n) is 3.51. The molecule has 1 aliphatic rings. The Kier molecular flexibility index (Phi) is 5.90. The van der Waals surface area contributed by atoms with E-state index in [4.69, 9.17) is 10.5 Å². The molecule has 3 aromatic rings. The number of ether oxygens (including phenoxy) is 1. The van der Waals surface area contributed by atoms with Crippen molar-refractivity contribution in [2.45, 2.75) is 19.4 Å². The Morgan fingerprint density at radius 2 is 2.07 bits per heavy atom. The van der Waals surface area contributed by atoms with Crippen LogP contribution in [0.25, 0.3) is 0 Å². The molecule has 30 heavy (non-hydrogen) atoms. The molecule has 0 aliphatic carbocycles. The average molecular weight is 403 g/mol. The van der Waals surface area contributed by atoms with Crippen LogP contribution in [0, 0.1) is 0 Å². The monoisotopic (exact) mass is 403 g/mol. The number of nitrogens with one attached hydrogen (secondary N) is 1. The number of aromatic nitrogens is 2. The molecule has 154 valence electrons. The third kappa shape index (κ3) is 4.26. The molecule has 0 saturated heterocycles. The van der Waals surface area contributed by atoms with E-state index in [1.165, 1.54) is 0 Å². The first-order valence-electron chi connectivity index (χ1n) is 10.1. The maximum atomic E-state index is 13.2. The first-order valence-corrected chi connectivity index (χ1v) is 10.1. The fraction of sp³-hybridized carbons (Fsp3) is 0.261. The van der Waals surface area contributed by atoms with Crippen LogP contribution in [0.3, 0.4) is 0 Å².